The molecule has 1 aliphatic heterocycles. The van der Waals surface area contributed by atoms with Crippen LogP contribution in [-0.2, 0) is 6.42 Å². The summed E-state index contributed by atoms with van der Waals surface area (Å²) in [5.41, 5.74) is 1.33. The van der Waals surface area contributed by atoms with E-state index < -0.39 is 0 Å². The van der Waals surface area contributed by atoms with Crippen LogP contribution in [0.4, 0.5) is 0 Å². The second-order valence-electron chi connectivity index (χ2n) is 8.18. The van der Waals surface area contributed by atoms with Crippen molar-refractivity contribution in [3.8, 4) is 5.75 Å². The Labute approximate surface area is 194 Å². The number of rotatable bonds is 8. The molecule has 1 heterocycles. The minimum absolute atomic E-state index is 0. The summed E-state index contributed by atoms with van der Waals surface area (Å²) in [5.74, 6) is 1.94. The summed E-state index contributed by atoms with van der Waals surface area (Å²) in [5, 5.41) is 7.07. The molecule has 2 N–H and O–H groups in total. The Morgan fingerprint density at radius 3 is 2.41 bits per heavy atom. The Morgan fingerprint density at radius 2 is 1.79 bits per heavy atom. The van der Waals surface area contributed by atoms with Gasteiger partial charge in [0.05, 0.1) is 6.10 Å². The molecule has 0 radical (unpaired) electrons. The summed E-state index contributed by atoms with van der Waals surface area (Å²) in [7, 11) is 1.86. The third-order valence-electron chi connectivity index (χ3n) is 5.93. The van der Waals surface area contributed by atoms with Gasteiger partial charge in [0, 0.05) is 32.7 Å². The molecule has 1 saturated carbocycles. The van der Waals surface area contributed by atoms with Gasteiger partial charge >= 0.3 is 0 Å². The Bertz CT molecular complexity index is 593. The van der Waals surface area contributed by atoms with Gasteiger partial charge in [-0.1, -0.05) is 19.1 Å². The van der Waals surface area contributed by atoms with Gasteiger partial charge in [0.2, 0.25) is 0 Å². The van der Waals surface area contributed by atoms with Crippen LogP contribution in [0, 0.1) is 0 Å². The monoisotopic (exact) mass is 514 g/mol. The van der Waals surface area contributed by atoms with Crippen molar-refractivity contribution in [1.82, 2.24) is 15.5 Å². The van der Waals surface area contributed by atoms with E-state index in [9.17, 15) is 0 Å². The fourth-order valence-electron chi connectivity index (χ4n) is 4.26. The molecule has 5 nitrogen and oxygen atoms in total. The molecular weight excluding hydrogens is 475 g/mol. The lowest BCUT2D eigenvalue weighted by Crippen LogP contribution is -2.49. The van der Waals surface area contributed by atoms with Gasteiger partial charge in [0.1, 0.15) is 5.75 Å². The fourth-order valence-corrected chi connectivity index (χ4v) is 4.26. The minimum Gasteiger partial charge on any atom is -0.490 e. The highest BCUT2D eigenvalue weighted by Crippen LogP contribution is 2.24. The van der Waals surface area contributed by atoms with Crippen molar-refractivity contribution in [2.24, 2.45) is 4.99 Å². The second-order valence-corrected chi connectivity index (χ2v) is 8.18. The van der Waals surface area contributed by atoms with Crippen LogP contribution in [0.3, 0.4) is 0 Å². The smallest absolute Gasteiger partial charge is 0.191 e. The van der Waals surface area contributed by atoms with Crippen molar-refractivity contribution in [2.75, 3.05) is 33.2 Å². The van der Waals surface area contributed by atoms with Crippen LogP contribution in [0.5, 0.6) is 5.75 Å². The third kappa shape index (κ3) is 8.32. The number of benzene rings is 1. The van der Waals surface area contributed by atoms with E-state index in [0.717, 1.165) is 24.7 Å². The first-order chi connectivity index (χ1) is 13.8. The molecule has 2 fully saturated rings. The normalized spacial score (nSPS) is 19.0. The van der Waals surface area contributed by atoms with Gasteiger partial charge < -0.3 is 20.3 Å². The van der Waals surface area contributed by atoms with E-state index in [1.54, 1.807) is 0 Å². The van der Waals surface area contributed by atoms with Gasteiger partial charge in [-0.15, -0.1) is 24.0 Å². The summed E-state index contributed by atoms with van der Waals surface area (Å²) >= 11 is 0. The van der Waals surface area contributed by atoms with E-state index in [2.05, 4.69) is 51.7 Å². The Morgan fingerprint density at radius 1 is 1.10 bits per heavy atom. The lowest BCUT2D eigenvalue weighted by atomic mass is 10.1. The molecule has 0 spiro atoms. The van der Waals surface area contributed by atoms with Crippen LogP contribution in [-0.4, -0.2) is 56.2 Å². The van der Waals surface area contributed by atoms with Gasteiger partial charge in [-0.05, 0) is 75.6 Å². The zero-order chi connectivity index (χ0) is 19.6. The first kappa shape index (κ1) is 24.3. The van der Waals surface area contributed by atoms with Crippen LogP contribution in [0.15, 0.2) is 29.3 Å². The molecule has 0 bridgehead atoms. The van der Waals surface area contributed by atoms with Gasteiger partial charge in [-0.25, -0.2) is 0 Å². The molecule has 29 heavy (non-hydrogen) atoms. The number of nitrogens with one attached hydrogen (secondary N) is 2. The molecule has 0 unspecified atom stereocenters. The number of nitrogens with zero attached hydrogens (tertiary/aromatic N) is 2. The molecule has 1 aromatic carbocycles. The summed E-state index contributed by atoms with van der Waals surface area (Å²) in [6, 6.07) is 9.14. The zero-order valence-electron chi connectivity index (χ0n) is 18.2. The highest BCUT2D eigenvalue weighted by atomic mass is 127. The quantitative estimate of drug-likeness (QED) is 0.310. The maximum Gasteiger partial charge on any atom is 0.191 e. The molecule has 0 atom stereocenters. The molecule has 0 aromatic heterocycles. The maximum absolute atomic E-state index is 6.05. The molecule has 1 aromatic rings. The highest BCUT2D eigenvalue weighted by molar-refractivity contribution is 14.0. The number of piperidine rings is 1. The predicted octanol–water partition coefficient (Wildman–Crippen LogP) is 4.21. The topological polar surface area (TPSA) is 48.9 Å². The second kappa shape index (κ2) is 13.3. The largest absolute Gasteiger partial charge is 0.490 e. The molecular formula is C23H39IN4O. The fraction of sp³-hybridized carbons (Fsp3) is 0.696. The van der Waals surface area contributed by atoms with E-state index in [-0.39, 0.29) is 24.0 Å². The number of hydrogen-bond acceptors (Lipinski definition) is 3. The van der Waals surface area contributed by atoms with Crippen molar-refractivity contribution >= 4 is 29.9 Å². The average Bonchev–Trinajstić information content (AvgIpc) is 3.23. The third-order valence-corrected chi connectivity index (χ3v) is 5.93. The van der Waals surface area contributed by atoms with Gasteiger partial charge in [-0.3, -0.25) is 4.99 Å². The molecule has 2 aliphatic rings. The summed E-state index contributed by atoms with van der Waals surface area (Å²) in [4.78, 5) is 6.96. The maximum atomic E-state index is 6.05. The van der Waals surface area contributed by atoms with E-state index in [1.807, 2.05) is 7.05 Å². The van der Waals surface area contributed by atoms with Crippen LogP contribution >= 0.6 is 24.0 Å². The van der Waals surface area contributed by atoms with Crippen molar-refractivity contribution in [1.29, 1.82) is 0 Å². The van der Waals surface area contributed by atoms with Crippen LogP contribution in [0.1, 0.15) is 57.4 Å². The van der Waals surface area contributed by atoms with Crippen LogP contribution < -0.4 is 15.4 Å². The van der Waals surface area contributed by atoms with Gasteiger partial charge in [-0.2, -0.15) is 0 Å². The number of aliphatic imine (C=N–C) groups is 1. The molecule has 6 heteroatoms. The molecule has 164 valence electrons. The Kier molecular flexibility index (Phi) is 11.1. The summed E-state index contributed by atoms with van der Waals surface area (Å²) in [6.45, 7) is 6.75. The van der Waals surface area contributed by atoms with Crippen molar-refractivity contribution in [3.63, 3.8) is 0 Å². The van der Waals surface area contributed by atoms with E-state index >= 15 is 0 Å². The molecule has 0 amide bonds. The van der Waals surface area contributed by atoms with Gasteiger partial charge in [0.15, 0.2) is 5.96 Å². The zero-order valence-corrected chi connectivity index (χ0v) is 20.5. The number of guanidine groups is 1. The number of likely N-dealkylation sites (tertiary alicyclic amines) is 1. The van der Waals surface area contributed by atoms with Crippen LogP contribution in [0.25, 0.3) is 0 Å². The molecule has 1 aliphatic carbocycles. The lowest BCUT2D eigenvalue weighted by molar-refractivity contribution is 0.206. The summed E-state index contributed by atoms with van der Waals surface area (Å²) < 4.78 is 6.05. The molecule has 1 saturated heterocycles. The van der Waals surface area contributed by atoms with Crippen molar-refractivity contribution in [3.05, 3.63) is 29.8 Å². The summed E-state index contributed by atoms with van der Waals surface area (Å²) in [6.07, 6.45) is 10.1. The lowest BCUT2D eigenvalue weighted by Gasteiger charge is -2.32. The van der Waals surface area contributed by atoms with Gasteiger partial charge in [0.25, 0.3) is 0 Å². The highest BCUT2D eigenvalue weighted by Gasteiger charge is 2.19. The standard InChI is InChI=1S/C23H38N4O.HI/c1-3-16-27-17-13-20(14-18-27)26-23(24-2)25-15-12-19-8-10-22(11-9-19)28-21-6-4-5-7-21;/h8-11,20-21H,3-7,12-18H2,1-2H3,(H2,24,25,26);1H. The number of hydrogen-bond donors (Lipinski definition) is 2. The number of ether oxygens (including phenoxy) is 1. The van der Waals surface area contributed by atoms with E-state index in [1.165, 1.54) is 70.1 Å². The first-order valence-corrected chi connectivity index (χ1v) is 11.2. The first-order valence-electron chi connectivity index (χ1n) is 11.2. The minimum atomic E-state index is 0. The predicted molar refractivity (Wildman–Crippen MR) is 133 cm³/mol. The van der Waals surface area contributed by atoms with E-state index in [0.29, 0.717) is 12.1 Å². The molecule has 3 rings (SSSR count). The van der Waals surface area contributed by atoms with Crippen molar-refractivity contribution < 1.29 is 4.74 Å². The van der Waals surface area contributed by atoms with E-state index in [4.69, 9.17) is 4.74 Å². The number of halogens is 1. The van der Waals surface area contributed by atoms with Crippen molar-refractivity contribution in [2.45, 2.75) is 70.4 Å². The Balaban J connectivity index is 0.00000300. The Hall–Kier alpha value is -1.02. The average molecular weight is 514 g/mol. The van der Waals surface area contributed by atoms with Crippen LogP contribution in [0.2, 0.25) is 0 Å². The SMILES string of the molecule is CCCN1CCC(NC(=NC)NCCc2ccc(OC3CCCC3)cc2)CC1.I.